The Morgan fingerprint density at radius 2 is 2.16 bits per heavy atom. The van der Waals surface area contributed by atoms with Crippen LogP contribution in [0.3, 0.4) is 0 Å². The van der Waals surface area contributed by atoms with Crippen molar-refractivity contribution in [2.45, 2.75) is 39.7 Å². The highest BCUT2D eigenvalue weighted by molar-refractivity contribution is 5.61. The van der Waals surface area contributed by atoms with Crippen molar-refractivity contribution in [3.05, 3.63) is 23.8 Å². The van der Waals surface area contributed by atoms with Crippen LogP contribution in [0.4, 0.5) is 5.69 Å². The highest BCUT2D eigenvalue weighted by Gasteiger charge is 2.41. The molecule has 5 heteroatoms. The van der Waals surface area contributed by atoms with E-state index >= 15 is 0 Å². The van der Waals surface area contributed by atoms with Gasteiger partial charge in [0.15, 0.2) is 5.82 Å². The number of nitrogens with two attached hydrogens (primary N) is 1. The average Bonchev–Trinajstić information content (AvgIpc) is 3.03. The third-order valence-corrected chi connectivity index (χ3v) is 4.25. The number of nitrogen functional groups attached to an aromatic ring is 1. The number of aryl methyl sites for hydroxylation is 1. The van der Waals surface area contributed by atoms with Crippen LogP contribution >= 0.6 is 0 Å². The van der Waals surface area contributed by atoms with Crippen LogP contribution in [0.25, 0.3) is 11.4 Å². The predicted molar refractivity (Wildman–Crippen MR) is 74.4 cm³/mol. The molecular formula is C14H19N5. The summed E-state index contributed by atoms with van der Waals surface area (Å²) in [5.41, 5.74) is 9.17. The Morgan fingerprint density at radius 1 is 1.37 bits per heavy atom. The summed E-state index contributed by atoms with van der Waals surface area (Å²) in [6.07, 6.45) is 3.75. The van der Waals surface area contributed by atoms with Crippen LogP contribution in [0, 0.1) is 12.3 Å². The molecule has 2 aromatic rings. The molecule has 0 unspecified atom stereocenters. The van der Waals surface area contributed by atoms with Gasteiger partial charge in [-0.2, -0.15) is 0 Å². The Bertz CT molecular complexity index is 598. The molecule has 0 aliphatic heterocycles. The van der Waals surface area contributed by atoms with Crippen molar-refractivity contribution >= 4 is 5.69 Å². The Hall–Kier alpha value is -1.91. The molecule has 0 spiro atoms. The molecule has 19 heavy (non-hydrogen) atoms. The minimum absolute atomic E-state index is 0.424. The van der Waals surface area contributed by atoms with Gasteiger partial charge in [0.25, 0.3) is 0 Å². The van der Waals surface area contributed by atoms with E-state index in [1.54, 1.807) is 0 Å². The molecule has 0 saturated heterocycles. The molecule has 0 atom stereocenters. The molecular weight excluding hydrogens is 238 g/mol. The van der Waals surface area contributed by atoms with E-state index in [0.29, 0.717) is 5.41 Å². The molecule has 0 bridgehead atoms. The normalized spacial score (nSPS) is 16.5. The topological polar surface area (TPSA) is 69.6 Å². The smallest absolute Gasteiger partial charge is 0.182 e. The highest BCUT2D eigenvalue weighted by Crippen LogP contribution is 2.50. The average molecular weight is 257 g/mol. The van der Waals surface area contributed by atoms with Crippen molar-refractivity contribution in [2.75, 3.05) is 5.73 Å². The van der Waals surface area contributed by atoms with Crippen molar-refractivity contribution in [3.8, 4) is 11.4 Å². The van der Waals surface area contributed by atoms with Crippen LogP contribution in [-0.2, 0) is 6.54 Å². The third-order valence-electron chi connectivity index (χ3n) is 4.25. The summed E-state index contributed by atoms with van der Waals surface area (Å²) in [5, 5.41) is 12.1. The molecule has 1 fully saturated rings. The molecule has 0 radical (unpaired) electrons. The molecule has 1 aromatic carbocycles. The largest absolute Gasteiger partial charge is 0.399 e. The van der Waals surface area contributed by atoms with Gasteiger partial charge in [0.2, 0.25) is 0 Å². The number of tetrazole rings is 1. The fourth-order valence-electron chi connectivity index (χ4n) is 2.45. The van der Waals surface area contributed by atoms with Gasteiger partial charge in [-0.05, 0) is 65.8 Å². The van der Waals surface area contributed by atoms with Gasteiger partial charge < -0.3 is 5.73 Å². The lowest BCUT2D eigenvalue weighted by Crippen LogP contribution is -2.13. The number of hydrogen-bond acceptors (Lipinski definition) is 4. The van der Waals surface area contributed by atoms with Crippen LogP contribution in [0.5, 0.6) is 0 Å². The summed E-state index contributed by atoms with van der Waals surface area (Å²) in [4.78, 5) is 0. The van der Waals surface area contributed by atoms with Crippen LogP contribution < -0.4 is 5.73 Å². The molecule has 1 aliphatic carbocycles. The number of anilines is 1. The van der Waals surface area contributed by atoms with Gasteiger partial charge in [-0.25, -0.2) is 4.68 Å². The Morgan fingerprint density at radius 3 is 2.79 bits per heavy atom. The first-order valence-corrected chi connectivity index (χ1v) is 6.76. The highest BCUT2D eigenvalue weighted by atomic mass is 15.5. The zero-order valence-electron chi connectivity index (χ0n) is 11.4. The van der Waals surface area contributed by atoms with Crippen molar-refractivity contribution < 1.29 is 0 Å². The van der Waals surface area contributed by atoms with E-state index in [1.807, 2.05) is 29.8 Å². The monoisotopic (exact) mass is 257 g/mol. The first-order valence-electron chi connectivity index (χ1n) is 6.76. The van der Waals surface area contributed by atoms with E-state index in [4.69, 9.17) is 5.73 Å². The Balaban J connectivity index is 1.93. The number of rotatable bonds is 4. The second-order valence-corrected chi connectivity index (χ2v) is 5.59. The van der Waals surface area contributed by atoms with Crippen molar-refractivity contribution in [2.24, 2.45) is 5.41 Å². The van der Waals surface area contributed by atoms with Crippen LogP contribution in [0.1, 0.15) is 31.7 Å². The van der Waals surface area contributed by atoms with Crippen molar-refractivity contribution in [1.29, 1.82) is 0 Å². The molecule has 5 nitrogen and oxygen atoms in total. The zero-order chi connectivity index (χ0) is 13.5. The summed E-state index contributed by atoms with van der Waals surface area (Å²) in [7, 11) is 0. The van der Waals surface area contributed by atoms with Gasteiger partial charge in [0.1, 0.15) is 0 Å². The minimum atomic E-state index is 0.424. The fraction of sp³-hybridized carbons (Fsp3) is 0.500. The van der Waals surface area contributed by atoms with E-state index in [1.165, 1.54) is 19.3 Å². The first kappa shape index (κ1) is 12.1. The second-order valence-electron chi connectivity index (χ2n) is 5.59. The van der Waals surface area contributed by atoms with Crippen LogP contribution in [0.2, 0.25) is 0 Å². The predicted octanol–water partition coefficient (Wildman–Crippen LogP) is 2.42. The Kier molecular flexibility index (Phi) is 2.77. The Labute approximate surface area is 112 Å². The first-order chi connectivity index (χ1) is 9.13. The number of hydrogen-bond donors (Lipinski definition) is 1. The van der Waals surface area contributed by atoms with Gasteiger partial charge in [-0.3, -0.25) is 0 Å². The molecule has 1 heterocycles. The summed E-state index contributed by atoms with van der Waals surface area (Å²) in [6.45, 7) is 5.15. The zero-order valence-corrected chi connectivity index (χ0v) is 11.4. The standard InChI is InChI=1S/C14H19N5/c1-3-14(6-7-14)9-19-13(16-17-18-19)11-4-5-12(15)10(2)8-11/h4-5,8H,3,6-7,9,15H2,1-2H3. The van der Waals surface area contributed by atoms with Crippen molar-refractivity contribution in [1.82, 2.24) is 20.2 Å². The SMILES string of the molecule is CCC1(Cn2nnnc2-c2ccc(N)c(C)c2)CC1. The molecule has 1 saturated carbocycles. The lowest BCUT2D eigenvalue weighted by atomic mass is 10.0. The lowest BCUT2D eigenvalue weighted by molar-refractivity contribution is 0.382. The van der Waals surface area contributed by atoms with E-state index in [2.05, 4.69) is 22.4 Å². The van der Waals surface area contributed by atoms with Crippen LogP contribution in [0.15, 0.2) is 18.2 Å². The number of aromatic nitrogens is 4. The number of benzene rings is 1. The second kappa shape index (κ2) is 4.33. The van der Waals surface area contributed by atoms with E-state index in [9.17, 15) is 0 Å². The maximum Gasteiger partial charge on any atom is 0.182 e. The van der Waals surface area contributed by atoms with Gasteiger partial charge in [-0.15, -0.1) is 5.10 Å². The molecule has 1 aromatic heterocycles. The quantitative estimate of drug-likeness (QED) is 0.854. The van der Waals surface area contributed by atoms with Gasteiger partial charge >= 0.3 is 0 Å². The summed E-state index contributed by atoms with van der Waals surface area (Å²) in [6, 6.07) is 5.94. The molecule has 2 N–H and O–H groups in total. The maximum absolute atomic E-state index is 5.85. The van der Waals surface area contributed by atoms with E-state index < -0.39 is 0 Å². The van der Waals surface area contributed by atoms with Gasteiger partial charge in [0.05, 0.1) is 6.54 Å². The van der Waals surface area contributed by atoms with Crippen LogP contribution in [-0.4, -0.2) is 20.2 Å². The lowest BCUT2D eigenvalue weighted by Gasteiger charge is -2.13. The summed E-state index contributed by atoms with van der Waals surface area (Å²) in [5.74, 6) is 0.836. The number of nitrogens with zero attached hydrogens (tertiary/aromatic N) is 4. The summed E-state index contributed by atoms with van der Waals surface area (Å²) < 4.78 is 1.93. The third kappa shape index (κ3) is 2.20. The van der Waals surface area contributed by atoms with Gasteiger partial charge in [0, 0.05) is 11.3 Å². The molecule has 1 aliphatic rings. The molecule has 0 amide bonds. The molecule has 100 valence electrons. The fourth-order valence-corrected chi connectivity index (χ4v) is 2.45. The minimum Gasteiger partial charge on any atom is -0.399 e. The van der Waals surface area contributed by atoms with E-state index in [0.717, 1.165) is 29.2 Å². The van der Waals surface area contributed by atoms with Crippen molar-refractivity contribution in [3.63, 3.8) is 0 Å². The summed E-state index contributed by atoms with van der Waals surface area (Å²) >= 11 is 0. The van der Waals surface area contributed by atoms with E-state index in [-0.39, 0.29) is 0 Å². The maximum atomic E-state index is 5.85. The van der Waals surface area contributed by atoms with Gasteiger partial charge in [-0.1, -0.05) is 6.92 Å². The molecule has 3 rings (SSSR count).